The third-order valence-electron chi connectivity index (χ3n) is 3.71. The van der Waals surface area contributed by atoms with Crippen molar-refractivity contribution in [2.24, 2.45) is 0 Å². The Labute approximate surface area is 142 Å². The lowest BCUT2D eigenvalue weighted by molar-refractivity contribution is 1.48. The van der Waals surface area contributed by atoms with Crippen LogP contribution in [-0.2, 0) is 0 Å². The molecule has 0 bridgehead atoms. The molecular weight excluding hydrogens is 290 g/mol. The molecule has 0 saturated carbocycles. The highest BCUT2D eigenvalue weighted by Crippen LogP contribution is 2.13. The molecule has 1 nitrogen and oxygen atoms in total. The molecule has 3 rings (SSSR count). The van der Waals surface area contributed by atoms with Gasteiger partial charge in [-0.25, -0.2) is 0 Å². The molecule has 0 heterocycles. The molecule has 3 aromatic rings. The molecule has 0 amide bonds. The average Bonchev–Trinajstić information content (AvgIpc) is 2.67. The molecule has 0 radical (unpaired) electrons. The van der Waals surface area contributed by atoms with Crippen molar-refractivity contribution < 1.29 is 0 Å². The molecule has 0 aromatic heterocycles. The van der Waals surface area contributed by atoms with Crippen molar-refractivity contribution in [3.63, 3.8) is 0 Å². The highest BCUT2D eigenvalue weighted by Gasteiger charge is 1.92. The van der Waals surface area contributed by atoms with E-state index in [9.17, 15) is 0 Å². The maximum absolute atomic E-state index is 8.81. The predicted octanol–water partition coefficient (Wildman–Crippen LogP) is 5.90. The summed E-state index contributed by atoms with van der Waals surface area (Å²) in [5, 5.41) is 8.81. The number of hydrogen-bond acceptors (Lipinski definition) is 1. The first-order valence-corrected chi connectivity index (χ1v) is 7.85. The van der Waals surface area contributed by atoms with Crippen molar-refractivity contribution in [3.8, 4) is 6.07 Å². The Hall–Kier alpha value is -3.37. The van der Waals surface area contributed by atoms with Crippen molar-refractivity contribution in [1.82, 2.24) is 0 Å². The van der Waals surface area contributed by atoms with E-state index in [0.29, 0.717) is 5.56 Å². The van der Waals surface area contributed by atoms with Crippen LogP contribution < -0.4 is 0 Å². The molecule has 114 valence electrons. The van der Waals surface area contributed by atoms with E-state index in [1.165, 1.54) is 11.1 Å². The first-order valence-electron chi connectivity index (χ1n) is 7.85. The minimum Gasteiger partial charge on any atom is -0.192 e. The summed E-state index contributed by atoms with van der Waals surface area (Å²) in [6, 6.07) is 28.4. The van der Waals surface area contributed by atoms with Crippen molar-refractivity contribution in [2.45, 2.75) is 0 Å². The Morgan fingerprint density at radius 3 is 1.29 bits per heavy atom. The van der Waals surface area contributed by atoms with E-state index in [-0.39, 0.29) is 0 Å². The van der Waals surface area contributed by atoms with E-state index in [1.54, 1.807) is 0 Å². The molecule has 24 heavy (non-hydrogen) atoms. The molecule has 0 aliphatic heterocycles. The summed E-state index contributed by atoms with van der Waals surface area (Å²) in [6.07, 6.45) is 8.35. The van der Waals surface area contributed by atoms with Gasteiger partial charge in [0.05, 0.1) is 11.6 Å². The Bertz CT molecular complexity index is 878. The maximum atomic E-state index is 8.81. The summed E-state index contributed by atoms with van der Waals surface area (Å²) in [6.45, 7) is 0. The summed E-state index contributed by atoms with van der Waals surface area (Å²) >= 11 is 0. The molecule has 3 aromatic carbocycles. The zero-order chi connectivity index (χ0) is 16.6. The Balaban J connectivity index is 1.67. The molecule has 0 saturated heterocycles. The molecule has 0 aliphatic carbocycles. The lowest BCUT2D eigenvalue weighted by Crippen LogP contribution is -1.77. The van der Waals surface area contributed by atoms with Crippen molar-refractivity contribution in [2.75, 3.05) is 0 Å². The fourth-order valence-corrected chi connectivity index (χ4v) is 2.34. The van der Waals surface area contributed by atoms with Gasteiger partial charge in [-0.05, 0) is 34.4 Å². The molecule has 0 N–H and O–H groups in total. The van der Waals surface area contributed by atoms with Crippen LogP contribution in [0.4, 0.5) is 0 Å². The Morgan fingerprint density at radius 1 is 0.500 bits per heavy atom. The largest absolute Gasteiger partial charge is 0.192 e. The zero-order valence-electron chi connectivity index (χ0n) is 13.3. The number of benzene rings is 3. The summed E-state index contributed by atoms with van der Waals surface area (Å²) in [5.74, 6) is 0. The first-order chi connectivity index (χ1) is 11.8. The topological polar surface area (TPSA) is 23.8 Å². The Kier molecular flexibility index (Phi) is 5.02. The highest BCUT2D eigenvalue weighted by molar-refractivity contribution is 5.73. The van der Waals surface area contributed by atoms with Crippen LogP contribution in [0.2, 0.25) is 0 Å². The van der Waals surface area contributed by atoms with Crippen LogP contribution in [0, 0.1) is 11.3 Å². The van der Waals surface area contributed by atoms with Gasteiger partial charge in [0.25, 0.3) is 0 Å². The zero-order valence-corrected chi connectivity index (χ0v) is 13.3. The van der Waals surface area contributed by atoms with Crippen molar-refractivity contribution >= 4 is 24.3 Å². The van der Waals surface area contributed by atoms with Gasteiger partial charge in [0, 0.05) is 0 Å². The fourth-order valence-electron chi connectivity index (χ4n) is 2.34. The third-order valence-corrected chi connectivity index (χ3v) is 3.71. The quantitative estimate of drug-likeness (QED) is 0.550. The van der Waals surface area contributed by atoms with Crippen LogP contribution in [0.25, 0.3) is 24.3 Å². The fraction of sp³-hybridized carbons (Fsp3) is 0. The summed E-state index contributed by atoms with van der Waals surface area (Å²) in [4.78, 5) is 0. The normalized spacial score (nSPS) is 11.0. The molecule has 0 unspecified atom stereocenters. The summed E-state index contributed by atoms with van der Waals surface area (Å²) < 4.78 is 0. The van der Waals surface area contributed by atoms with Crippen LogP contribution in [0.5, 0.6) is 0 Å². The smallest absolute Gasteiger partial charge is 0.0991 e. The first kappa shape index (κ1) is 15.5. The summed E-state index contributed by atoms with van der Waals surface area (Å²) in [7, 11) is 0. The summed E-state index contributed by atoms with van der Waals surface area (Å²) in [5.41, 5.74) is 5.29. The van der Waals surface area contributed by atoms with Crippen LogP contribution in [0.1, 0.15) is 27.8 Å². The van der Waals surface area contributed by atoms with Crippen molar-refractivity contribution in [3.05, 3.63) is 107 Å². The van der Waals surface area contributed by atoms with E-state index in [0.717, 1.165) is 11.1 Å². The molecule has 0 spiro atoms. The van der Waals surface area contributed by atoms with Gasteiger partial charge in [0.15, 0.2) is 0 Å². The number of rotatable bonds is 4. The van der Waals surface area contributed by atoms with E-state index in [2.05, 4.69) is 66.8 Å². The molecule has 0 fully saturated rings. The average molecular weight is 307 g/mol. The van der Waals surface area contributed by atoms with Gasteiger partial charge in [-0.1, -0.05) is 91.0 Å². The van der Waals surface area contributed by atoms with Gasteiger partial charge in [-0.2, -0.15) is 5.26 Å². The molecule has 1 heteroatoms. The van der Waals surface area contributed by atoms with Gasteiger partial charge < -0.3 is 0 Å². The SMILES string of the molecule is N#Cc1ccc(/C=C/c2ccc(/C=C/c3ccccc3)cc2)cc1. The molecule has 0 atom stereocenters. The van der Waals surface area contributed by atoms with Gasteiger partial charge in [-0.15, -0.1) is 0 Å². The monoisotopic (exact) mass is 307 g/mol. The van der Waals surface area contributed by atoms with Gasteiger partial charge >= 0.3 is 0 Å². The molecule has 0 aliphatic rings. The van der Waals surface area contributed by atoms with Crippen molar-refractivity contribution in [1.29, 1.82) is 5.26 Å². The van der Waals surface area contributed by atoms with E-state index in [1.807, 2.05) is 42.5 Å². The minimum atomic E-state index is 0.682. The lowest BCUT2D eigenvalue weighted by atomic mass is 10.1. The predicted molar refractivity (Wildman–Crippen MR) is 102 cm³/mol. The van der Waals surface area contributed by atoms with Crippen LogP contribution in [-0.4, -0.2) is 0 Å². The number of hydrogen-bond donors (Lipinski definition) is 0. The van der Waals surface area contributed by atoms with Crippen LogP contribution in [0.3, 0.4) is 0 Å². The van der Waals surface area contributed by atoms with Gasteiger partial charge in [0.2, 0.25) is 0 Å². The van der Waals surface area contributed by atoms with E-state index >= 15 is 0 Å². The number of nitrogens with zero attached hydrogens (tertiary/aromatic N) is 1. The second-order valence-corrected chi connectivity index (χ2v) is 5.48. The Morgan fingerprint density at radius 2 is 0.875 bits per heavy atom. The third kappa shape index (κ3) is 4.32. The number of nitriles is 1. The van der Waals surface area contributed by atoms with Crippen LogP contribution >= 0.6 is 0 Å². The second kappa shape index (κ2) is 7.76. The van der Waals surface area contributed by atoms with Crippen LogP contribution in [0.15, 0.2) is 78.9 Å². The van der Waals surface area contributed by atoms with E-state index < -0.39 is 0 Å². The highest BCUT2D eigenvalue weighted by atomic mass is 14.2. The maximum Gasteiger partial charge on any atom is 0.0991 e. The van der Waals surface area contributed by atoms with E-state index in [4.69, 9.17) is 5.26 Å². The standard InChI is InChI=1S/C23H17N/c24-18-23-16-14-22(15-17-23)13-12-21-10-8-20(9-11-21)7-6-19-4-2-1-3-5-19/h1-17H/b7-6+,13-12+. The van der Waals surface area contributed by atoms with Gasteiger partial charge in [0.1, 0.15) is 0 Å². The second-order valence-electron chi connectivity index (χ2n) is 5.48. The minimum absolute atomic E-state index is 0.682. The molecular formula is C23H17N. The van der Waals surface area contributed by atoms with Gasteiger partial charge in [-0.3, -0.25) is 0 Å². The lowest BCUT2D eigenvalue weighted by Gasteiger charge is -1.98.